The molecule has 3 rings (SSSR count). The molecule has 0 aliphatic carbocycles. The Balaban J connectivity index is 1.78. The summed E-state index contributed by atoms with van der Waals surface area (Å²) in [5, 5.41) is 3.29. The zero-order chi connectivity index (χ0) is 16.8. The van der Waals surface area contributed by atoms with Gasteiger partial charge in [0.25, 0.3) is 5.91 Å². The van der Waals surface area contributed by atoms with E-state index in [1.807, 2.05) is 47.5 Å². The van der Waals surface area contributed by atoms with Gasteiger partial charge in [0.15, 0.2) is 0 Å². The highest BCUT2D eigenvalue weighted by Gasteiger charge is 2.28. The van der Waals surface area contributed by atoms with E-state index in [2.05, 4.69) is 23.3 Å². The van der Waals surface area contributed by atoms with Gasteiger partial charge >= 0.3 is 0 Å². The summed E-state index contributed by atoms with van der Waals surface area (Å²) in [7, 11) is 0. The Morgan fingerprint density at radius 2 is 2.04 bits per heavy atom. The summed E-state index contributed by atoms with van der Waals surface area (Å²) in [6, 6.07) is 13.8. The molecule has 0 bridgehead atoms. The minimum Gasteiger partial charge on any atom is -0.370 e. The van der Waals surface area contributed by atoms with E-state index in [1.54, 1.807) is 0 Å². The Hall–Kier alpha value is -2.36. The molecule has 1 amide bonds. The van der Waals surface area contributed by atoms with Gasteiger partial charge in [-0.15, -0.1) is 0 Å². The number of likely N-dealkylation sites (tertiary alicyclic amines) is 1. The van der Waals surface area contributed by atoms with Crippen molar-refractivity contribution in [2.45, 2.75) is 38.6 Å². The van der Waals surface area contributed by atoms with Crippen LogP contribution in [-0.2, 0) is 0 Å². The first-order valence-electron chi connectivity index (χ1n) is 8.85. The van der Waals surface area contributed by atoms with Crippen LogP contribution >= 0.6 is 0 Å². The third-order valence-electron chi connectivity index (χ3n) is 4.51. The van der Waals surface area contributed by atoms with E-state index in [9.17, 15) is 4.79 Å². The fourth-order valence-corrected chi connectivity index (χ4v) is 3.23. The number of hydrogen-bond acceptors (Lipinski definition) is 3. The number of nitrogens with zero attached hydrogens (tertiary/aromatic N) is 2. The predicted octanol–water partition coefficient (Wildman–Crippen LogP) is 4.27. The standard InChI is InChI=1S/C20H25N3O/c1-2-13-21-19-12-11-17(15-22-19)18-10-6-7-14-23(18)20(24)16-8-4-3-5-9-16/h3-5,8-9,11-12,15,18H,2,6-7,10,13-14H2,1H3,(H,21,22)/t18-/m0/s1. The van der Waals surface area contributed by atoms with Gasteiger partial charge in [0, 0.05) is 24.8 Å². The molecule has 2 aromatic rings. The van der Waals surface area contributed by atoms with Gasteiger partial charge in [0.2, 0.25) is 0 Å². The molecule has 1 aliphatic rings. The maximum absolute atomic E-state index is 12.9. The summed E-state index contributed by atoms with van der Waals surface area (Å²) in [6.45, 7) is 3.87. The third kappa shape index (κ3) is 3.75. The maximum Gasteiger partial charge on any atom is 0.254 e. The van der Waals surface area contributed by atoms with Crippen molar-refractivity contribution in [2.75, 3.05) is 18.4 Å². The average molecular weight is 323 g/mol. The average Bonchev–Trinajstić information content (AvgIpc) is 2.67. The van der Waals surface area contributed by atoms with Gasteiger partial charge in [0.05, 0.1) is 6.04 Å². The lowest BCUT2D eigenvalue weighted by molar-refractivity contribution is 0.0611. The molecule has 126 valence electrons. The number of nitrogens with one attached hydrogen (secondary N) is 1. The van der Waals surface area contributed by atoms with Gasteiger partial charge in [-0.2, -0.15) is 0 Å². The number of pyridine rings is 1. The molecule has 0 unspecified atom stereocenters. The summed E-state index contributed by atoms with van der Waals surface area (Å²) in [6.07, 6.45) is 6.21. The number of anilines is 1. The van der Waals surface area contributed by atoms with Gasteiger partial charge < -0.3 is 10.2 Å². The van der Waals surface area contributed by atoms with Crippen molar-refractivity contribution < 1.29 is 4.79 Å². The molecule has 2 heterocycles. The Labute approximate surface area is 143 Å². The number of rotatable bonds is 5. The Bertz CT molecular complexity index is 654. The van der Waals surface area contributed by atoms with Crippen LogP contribution in [0.1, 0.15) is 54.6 Å². The molecule has 1 saturated heterocycles. The van der Waals surface area contributed by atoms with Crippen LogP contribution in [0.25, 0.3) is 0 Å². The third-order valence-corrected chi connectivity index (χ3v) is 4.51. The summed E-state index contributed by atoms with van der Waals surface area (Å²) in [5.74, 6) is 1.02. The highest BCUT2D eigenvalue weighted by Crippen LogP contribution is 2.32. The van der Waals surface area contributed by atoms with E-state index < -0.39 is 0 Å². The van der Waals surface area contributed by atoms with E-state index in [0.717, 1.165) is 55.7 Å². The normalized spacial score (nSPS) is 17.5. The summed E-state index contributed by atoms with van der Waals surface area (Å²) in [5.41, 5.74) is 1.89. The molecule has 0 spiro atoms. The molecule has 24 heavy (non-hydrogen) atoms. The van der Waals surface area contributed by atoms with Crippen LogP contribution in [0.2, 0.25) is 0 Å². The zero-order valence-corrected chi connectivity index (χ0v) is 14.2. The first kappa shape index (κ1) is 16.5. The van der Waals surface area contributed by atoms with Gasteiger partial charge in [-0.1, -0.05) is 31.2 Å². The predicted molar refractivity (Wildman–Crippen MR) is 97.1 cm³/mol. The van der Waals surface area contributed by atoms with Crippen molar-refractivity contribution >= 4 is 11.7 Å². The molecular formula is C20H25N3O. The molecule has 1 aliphatic heterocycles. The molecule has 0 saturated carbocycles. The van der Waals surface area contributed by atoms with Gasteiger partial charge in [-0.25, -0.2) is 4.98 Å². The topological polar surface area (TPSA) is 45.2 Å². The second-order valence-electron chi connectivity index (χ2n) is 6.28. The first-order valence-corrected chi connectivity index (χ1v) is 8.85. The number of carbonyl (C=O) groups is 1. The van der Waals surface area contributed by atoms with Crippen molar-refractivity contribution in [1.82, 2.24) is 9.88 Å². The number of hydrogen-bond donors (Lipinski definition) is 1. The first-order chi connectivity index (χ1) is 11.8. The lowest BCUT2D eigenvalue weighted by atomic mass is 9.95. The lowest BCUT2D eigenvalue weighted by Crippen LogP contribution is -2.38. The van der Waals surface area contributed by atoms with E-state index in [1.165, 1.54) is 0 Å². The van der Waals surface area contributed by atoms with Gasteiger partial charge in [0.1, 0.15) is 5.82 Å². The minimum absolute atomic E-state index is 0.119. The smallest absolute Gasteiger partial charge is 0.254 e. The SMILES string of the molecule is CCCNc1ccc([C@@H]2CCCCN2C(=O)c2ccccc2)cn1. The van der Waals surface area contributed by atoms with Crippen molar-refractivity contribution in [1.29, 1.82) is 0 Å². The number of benzene rings is 1. The number of amides is 1. The van der Waals surface area contributed by atoms with Crippen molar-refractivity contribution in [3.8, 4) is 0 Å². The highest BCUT2D eigenvalue weighted by molar-refractivity contribution is 5.94. The largest absolute Gasteiger partial charge is 0.370 e. The lowest BCUT2D eigenvalue weighted by Gasteiger charge is -2.36. The van der Waals surface area contributed by atoms with E-state index in [4.69, 9.17) is 0 Å². The van der Waals surface area contributed by atoms with Crippen molar-refractivity contribution in [3.05, 3.63) is 59.8 Å². The van der Waals surface area contributed by atoms with Crippen LogP contribution in [0.4, 0.5) is 5.82 Å². The Kier molecular flexibility index (Phi) is 5.47. The maximum atomic E-state index is 12.9. The van der Waals surface area contributed by atoms with Crippen LogP contribution in [0, 0.1) is 0 Å². The molecule has 4 nitrogen and oxygen atoms in total. The Morgan fingerprint density at radius 3 is 2.75 bits per heavy atom. The zero-order valence-electron chi connectivity index (χ0n) is 14.2. The Morgan fingerprint density at radius 1 is 1.21 bits per heavy atom. The fraction of sp³-hybridized carbons (Fsp3) is 0.400. The quantitative estimate of drug-likeness (QED) is 0.893. The second-order valence-corrected chi connectivity index (χ2v) is 6.28. The van der Waals surface area contributed by atoms with Crippen LogP contribution in [0.3, 0.4) is 0 Å². The van der Waals surface area contributed by atoms with Crippen LogP contribution < -0.4 is 5.32 Å². The molecule has 1 N–H and O–H groups in total. The molecule has 1 aromatic carbocycles. The molecule has 1 atom stereocenters. The van der Waals surface area contributed by atoms with E-state index in [0.29, 0.717) is 0 Å². The summed E-state index contributed by atoms with van der Waals surface area (Å²) in [4.78, 5) is 19.4. The van der Waals surface area contributed by atoms with Gasteiger partial charge in [-0.3, -0.25) is 4.79 Å². The second kappa shape index (κ2) is 7.95. The van der Waals surface area contributed by atoms with Crippen molar-refractivity contribution in [3.63, 3.8) is 0 Å². The molecule has 1 fully saturated rings. The summed E-state index contributed by atoms with van der Waals surface area (Å²) >= 11 is 0. The molecule has 1 aromatic heterocycles. The van der Waals surface area contributed by atoms with Gasteiger partial charge in [-0.05, 0) is 49.4 Å². The summed E-state index contributed by atoms with van der Waals surface area (Å²) < 4.78 is 0. The van der Waals surface area contributed by atoms with E-state index >= 15 is 0 Å². The van der Waals surface area contributed by atoms with Crippen molar-refractivity contribution in [2.24, 2.45) is 0 Å². The molecular weight excluding hydrogens is 298 g/mol. The minimum atomic E-state index is 0.119. The van der Waals surface area contributed by atoms with Crippen LogP contribution in [0.15, 0.2) is 48.7 Å². The number of carbonyl (C=O) groups excluding carboxylic acids is 1. The van der Waals surface area contributed by atoms with Crippen LogP contribution in [-0.4, -0.2) is 28.9 Å². The van der Waals surface area contributed by atoms with Crippen LogP contribution in [0.5, 0.6) is 0 Å². The van der Waals surface area contributed by atoms with E-state index in [-0.39, 0.29) is 11.9 Å². The number of piperidine rings is 1. The fourth-order valence-electron chi connectivity index (χ4n) is 3.23. The molecule has 0 radical (unpaired) electrons. The highest BCUT2D eigenvalue weighted by atomic mass is 16.2. The molecule has 4 heteroatoms. The monoisotopic (exact) mass is 323 g/mol. The number of aromatic nitrogens is 1.